The number of rotatable bonds is 8. The number of carbonyl (C=O) groups is 1. The zero-order chi connectivity index (χ0) is 27.1. The van der Waals surface area contributed by atoms with Gasteiger partial charge < -0.3 is 19.1 Å². The van der Waals surface area contributed by atoms with Crippen molar-refractivity contribution >= 4 is 44.5 Å². The highest BCUT2D eigenvalue weighted by Gasteiger charge is 2.25. The molecule has 7 nitrogen and oxygen atoms in total. The van der Waals surface area contributed by atoms with Gasteiger partial charge in [-0.3, -0.25) is 4.90 Å². The van der Waals surface area contributed by atoms with Crippen molar-refractivity contribution in [1.82, 2.24) is 14.5 Å². The first-order valence-corrected chi connectivity index (χ1v) is 14.0. The molecular weight excluding hydrogens is 589 g/mol. The number of hydrogen-bond acceptors (Lipinski definition) is 5. The van der Waals surface area contributed by atoms with E-state index in [1.807, 2.05) is 6.07 Å². The molecule has 0 aliphatic carbocycles. The lowest BCUT2D eigenvalue weighted by atomic mass is 9.99. The molecule has 10 heteroatoms. The van der Waals surface area contributed by atoms with Gasteiger partial charge in [0.25, 0.3) is 0 Å². The summed E-state index contributed by atoms with van der Waals surface area (Å²) in [4.78, 5) is 18.8. The van der Waals surface area contributed by atoms with Crippen LogP contribution in [-0.2, 0) is 37.4 Å². The Bertz CT molecular complexity index is 1570. The van der Waals surface area contributed by atoms with Gasteiger partial charge in [-0.2, -0.15) is 0 Å². The maximum atomic E-state index is 14.2. The molecule has 4 aromatic rings. The van der Waals surface area contributed by atoms with Gasteiger partial charge in [-0.15, -0.1) is 0 Å². The Morgan fingerprint density at radius 1 is 1.21 bits per heavy atom. The molecule has 2 aliphatic heterocycles. The molecule has 3 aromatic carbocycles. The summed E-state index contributed by atoms with van der Waals surface area (Å²) in [5.41, 5.74) is 4.66. The largest absolute Gasteiger partial charge is 0.488 e. The van der Waals surface area contributed by atoms with Crippen molar-refractivity contribution in [2.75, 3.05) is 13.2 Å². The normalized spacial score (nSPS) is 17.2. The van der Waals surface area contributed by atoms with Gasteiger partial charge >= 0.3 is 5.97 Å². The number of nitrogens with zero attached hydrogens (tertiary/aromatic N) is 3. The van der Waals surface area contributed by atoms with Crippen molar-refractivity contribution in [3.05, 3.63) is 91.9 Å². The Morgan fingerprint density at radius 2 is 2.05 bits per heavy atom. The minimum Gasteiger partial charge on any atom is -0.488 e. The Hall–Kier alpha value is -2.98. The van der Waals surface area contributed by atoms with Crippen LogP contribution in [0.25, 0.3) is 11.0 Å². The number of ether oxygens (including phenoxy) is 2. The van der Waals surface area contributed by atoms with E-state index in [-0.39, 0.29) is 18.3 Å². The van der Waals surface area contributed by atoms with Crippen LogP contribution in [0.5, 0.6) is 5.75 Å². The van der Waals surface area contributed by atoms with Crippen LogP contribution in [0.2, 0.25) is 5.02 Å². The molecule has 1 atom stereocenters. The second-order valence-electron chi connectivity index (χ2n) is 9.97. The van der Waals surface area contributed by atoms with Crippen LogP contribution >= 0.6 is 27.5 Å². The lowest BCUT2D eigenvalue weighted by Gasteiger charge is -2.31. The van der Waals surface area contributed by atoms with Gasteiger partial charge in [-0.05, 0) is 82.4 Å². The van der Waals surface area contributed by atoms with E-state index < -0.39 is 11.8 Å². The molecule has 0 spiro atoms. The van der Waals surface area contributed by atoms with Crippen LogP contribution in [-0.4, -0.2) is 44.8 Å². The third-order valence-electron chi connectivity index (χ3n) is 7.36. The lowest BCUT2D eigenvalue weighted by molar-refractivity contribution is -0.0592. The predicted octanol–water partition coefficient (Wildman–Crippen LogP) is 6.22. The molecule has 2 aliphatic rings. The van der Waals surface area contributed by atoms with Crippen molar-refractivity contribution in [3.8, 4) is 5.75 Å². The van der Waals surface area contributed by atoms with Gasteiger partial charge in [-0.1, -0.05) is 17.7 Å². The number of fused-ring (bicyclic) bond motifs is 2. The highest BCUT2D eigenvalue weighted by molar-refractivity contribution is 9.10. The monoisotopic (exact) mass is 613 g/mol. The first-order valence-electron chi connectivity index (χ1n) is 12.8. The number of carboxylic acids is 1. The summed E-state index contributed by atoms with van der Waals surface area (Å²) in [5.74, 6) is 0.189. The van der Waals surface area contributed by atoms with Crippen LogP contribution in [0.4, 0.5) is 4.39 Å². The van der Waals surface area contributed by atoms with E-state index in [4.69, 9.17) is 26.1 Å². The maximum Gasteiger partial charge on any atom is 0.335 e. The van der Waals surface area contributed by atoms with E-state index >= 15 is 0 Å². The molecule has 3 heterocycles. The quantitative estimate of drug-likeness (QED) is 0.254. The molecular formula is C29H26BrClFN3O4. The van der Waals surface area contributed by atoms with Gasteiger partial charge in [0.15, 0.2) is 0 Å². The topological polar surface area (TPSA) is 76.8 Å². The molecule has 6 rings (SSSR count). The van der Waals surface area contributed by atoms with Crippen LogP contribution in [0.3, 0.4) is 0 Å². The van der Waals surface area contributed by atoms with E-state index in [0.717, 1.165) is 52.9 Å². The van der Waals surface area contributed by atoms with Crippen LogP contribution in [0.15, 0.2) is 53.0 Å². The fourth-order valence-corrected chi connectivity index (χ4v) is 5.78. The Labute approximate surface area is 238 Å². The number of benzene rings is 3. The average molecular weight is 615 g/mol. The predicted molar refractivity (Wildman–Crippen MR) is 149 cm³/mol. The Kier molecular flexibility index (Phi) is 7.33. The van der Waals surface area contributed by atoms with E-state index in [9.17, 15) is 14.3 Å². The summed E-state index contributed by atoms with van der Waals surface area (Å²) in [5, 5.41) is 9.85. The second-order valence-corrected chi connectivity index (χ2v) is 11.3. The molecule has 0 saturated carbocycles. The highest BCUT2D eigenvalue weighted by Crippen LogP contribution is 2.33. The molecule has 0 bridgehead atoms. The standard InChI is InChI=1S/C29H26BrClFN3O4/c30-23-9-17-5-7-34(13-20(17)11-27(23)39-16-19-1-3-21(31)12-24(19)32)15-28-33-25-4-2-18(29(36)37)10-26(25)35(28)14-22-6-8-38-22/h1-4,9-12,22H,5-8,13-16H2,(H,36,37)/t22-/m0/s1. The highest BCUT2D eigenvalue weighted by atomic mass is 79.9. The molecule has 0 unspecified atom stereocenters. The third kappa shape index (κ3) is 5.54. The smallest absolute Gasteiger partial charge is 0.335 e. The number of halogens is 3. The molecule has 202 valence electrons. The van der Waals surface area contributed by atoms with E-state index in [1.54, 1.807) is 30.3 Å². The summed E-state index contributed by atoms with van der Waals surface area (Å²) in [6.45, 7) is 3.67. The number of carboxylic acid groups (broad SMARTS) is 1. The van der Waals surface area contributed by atoms with Crippen molar-refractivity contribution in [3.63, 3.8) is 0 Å². The van der Waals surface area contributed by atoms with Crippen molar-refractivity contribution in [2.45, 2.75) is 45.2 Å². The summed E-state index contributed by atoms with van der Waals surface area (Å²) in [7, 11) is 0. The summed E-state index contributed by atoms with van der Waals surface area (Å²) in [6.07, 6.45) is 1.96. The van der Waals surface area contributed by atoms with Gasteiger partial charge in [-0.25, -0.2) is 14.2 Å². The zero-order valence-electron chi connectivity index (χ0n) is 21.0. The van der Waals surface area contributed by atoms with Gasteiger partial charge in [0.05, 0.1) is 40.3 Å². The molecule has 39 heavy (non-hydrogen) atoms. The summed E-state index contributed by atoms with van der Waals surface area (Å²) >= 11 is 9.48. The first-order chi connectivity index (χ1) is 18.8. The minimum atomic E-state index is -0.957. The lowest BCUT2D eigenvalue weighted by Crippen LogP contribution is -2.34. The van der Waals surface area contributed by atoms with Crippen molar-refractivity contribution in [2.24, 2.45) is 0 Å². The second kappa shape index (κ2) is 10.9. The fourth-order valence-electron chi connectivity index (χ4n) is 5.12. The number of aromatic carboxylic acids is 1. The van der Waals surface area contributed by atoms with Crippen molar-refractivity contribution in [1.29, 1.82) is 0 Å². The SMILES string of the molecule is O=C(O)c1ccc2nc(CN3CCc4cc(Br)c(OCc5ccc(Cl)cc5F)cc4C3)n(C[C@@H]3CCO3)c2c1. The van der Waals surface area contributed by atoms with Gasteiger partial charge in [0, 0.05) is 30.3 Å². The van der Waals surface area contributed by atoms with Gasteiger partial charge in [0.2, 0.25) is 0 Å². The average Bonchev–Trinajstić information content (AvgIpc) is 3.21. The third-order valence-corrected chi connectivity index (χ3v) is 8.22. The minimum absolute atomic E-state index is 0.0930. The van der Waals surface area contributed by atoms with E-state index in [2.05, 4.69) is 31.5 Å². The molecule has 0 radical (unpaired) electrons. The molecule has 0 amide bonds. The molecule has 1 fully saturated rings. The molecule has 1 N–H and O–H groups in total. The summed E-state index contributed by atoms with van der Waals surface area (Å²) in [6, 6.07) is 13.7. The Balaban J connectivity index is 1.22. The maximum absolute atomic E-state index is 14.2. The van der Waals surface area contributed by atoms with Crippen LogP contribution in [0, 0.1) is 5.82 Å². The van der Waals surface area contributed by atoms with Crippen LogP contribution in [0.1, 0.15) is 39.3 Å². The summed E-state index contributed by atoms with van der Waals surface area (Å²) < 4.78 is 28.9. The van der Waals surface area contributed by atoms with Crippen LogP contribution < -0.4 is 4.74 Å². The molecule has 1 saturated heterocycles. The fraction of sp³-hybridized carbons (Fsp3) is 0.310. The zero-order valence-corrected chi connectivity index (χ0v) is 23.3. The van der Waals surface area contributed by atoms with E-state index in [0.29, 0.717) is 36.0 Å². The molecule has 1 aromatic heterocycles. The number of hydrogen-bond donors (Lipinski definition) is 1. The Morgan fingerprint density at radius 3 is 2.79 bits per heavy atom. The van der Waals surface area contributed by atoms with E-state index in [1.165, 1.54) is 11.6 Å². The van der Waals surface area contributed by atoms with Gasteiger partial charge in [0.1, 0.15) is 24.0 Å². The first kappa shape index (κ1) is 26.3. The number of imidazole rings is 1. The number of aromatic nitrogens is 2. The van der Waals surface area contributed by atoms with Crippen molar-refractivity contribution < 1.29 is 23.8 Å².